The third-order valence-electron chi connectivity index (χ3n) is 2.73. The molecule has 3 aromatic rings. The summed E-state index contributed by atoms with van der Waals surface area (Å²) in [5.41, 5.74) is 3.00. The molecule has 0 saturated carbocycles. The number of anilines is 3. The molecule has 0 N–H and O–H groups in total. The number of nitrogens with zero attached hydrogens (tertiary/aromatic N) is 4. The summed E-state index contributed by atoms with van der Waals surface area (Å²) in [7, 11) is 0. The molecule has 0 amide bonds. The Kier molecular flexibility index (Phi) is 3.14. The number of hydrogen-bond acceptors (Lipinski definition) is 4. The first-order chi connectivity index (χ1) is 9.45. The van der Waals surface area contributed by atoms with Crippen LogP contribution in [0.2, 0.25) is 0 Å². The zero-order valence-electron chi connectivity index (χ0n) is 10.2. The fourth-order valence-corrected chi connectivity index (χ4v) is 1.91. The van der Waals surface area contributed by atoms with Gasteiger partial charge in [0, 0.05) is 30.5 Å². The van der Waals surface area contributed by atoms with Crippen molar-refractivity contribution < 1.29 is 0 Å². The molecule has 3 rings (SSSR count). The van der Waals surface area contributed by atoms with E-state index < -0.39 is 0 Å². The van der Waals surface area contributed by atoms with E-state index in [1.54, 1.807) is 24.8 Å². The molecule has 92 valence electrons. The molecule has 4 nitrogen and oxygen atoms in total. The molecule has 0 spiro atoms. The summed E-state index contributed by atoms with van der Waals surface area (Å²) in [6.07, 6.45) is 10.7. The van der Waals surface area contributed by atoms with E-state index in [9.17, 15) is 0 Å². The Bertz CT molecular complexity index is 532. The van der Waals surface area contributed by atoms with Crippen molar-refractivity contribution in [3.63, 3.8) is 0 Å². The monoisotopic (exact) mass is 248 g/mol. The Labute approximate surface area is 111 Å². The van der Waals surface area contributed by atoms with Crippen LogP contribution in [-0.4, -0.2) is 15.0 Å². The lowest BCUT2D eigenvalue weighted by atomic mass is 10.2. The van der Waals surface area contributed by atoms with Crippen LogP contribution in [0.5, 0.6) is 0 Å². The zero-order chi connectivity index (χ0) is 12.9. The van der Waals surface area contributed by atoms with Gasteiger partial charge in [-0.05, 0) is 36.4 Å². The summed E-state index contributed by atoms with van der Waals surface area (Å²) in [5.74, 6) is 0. The van der Waals surface area contributed by atoms with Crippen LogP contribution in [0, 0.1) is 0 Å². The summed E-state index contributed by atoms with van der Waals surface area (Å²) >= 11 is 0. The largest absolute Gasteiger partial charge is 0.307 e. The van der Waals surface area contributed by atoms with Crippen molar-refractivity contribution in [3.8, 4) is 0 Å². The summed E-state index contributed by atoms with van der Waals surface area (Å²) < 4.78 is 0. The molecule has 3 heterocycles. The summed E-state index contributed by atoms with van der Waals surface area (Å²) in [5, 5.41) is 0. The van der Waals surface area contributed by atoms with Crippen molar-refractivity contribution in [2.24, 2.45) is 0 Å². The van der Waals surface area contributed by atoms with E-state index in [1.165, 1.54) is 0 Å². The van der Waals surface area contributed by atoms with Gasteiger partial charge >= 0.3 is 0 Å². The summed E-state index contributed by atoms with van der Waals surface area (Å²) in [6, 6.07) is 11.8. The van der Waals surface area contributed by atoms with Gasteiger partial charge in [-0.2, -0.15) is 0 Å². The first kappa shape index (κ1) is 11.3. The van der Waals surface area contributed by atoms with E-state index in [2.05, 4.69) is 19.9 Å². The van der Waals surface area contributed by atoms with Crippen molar-refractivity contribution in [3.05, 3.63) is 73.6 Å². The predicted molar refractivity (Wildman–Crippen MR) is 74.5 cm³/mol. The Morgan fingerprint density at radius 3 is 1.63 bits per heavy atom. The van der Waals surface area contributed by atoms with Crippen molar-refractivity contribution in [1.82, 2.24) is 15.0 Å². The van der Waals surface area contributed by atoms with Gasteiger partial charge in [0.15, 0.2) is 0 Å². The second-order valence-electron chi connectivity index (χ2n) is 3.96. The molecular weight excluding hydrogens is 236 g/mol. The molecule has 0 unspecified atom stereocenters. The third-order valence-corrected chi connectivity index (χ3v) is 2.73. The van der Waals surface area contributed by atoms with Gasteiger partial charge in [-0.25, -0.2) is 0 Å². The molecule has 0 aliphatic carbocycles. The maximum atomic E-state index is 4.18. The smallest absolute Gasteiger partial charge is 0.0645 e. The molecule has 19 heavy (non-hydrogen) atoms. The van der Waals surface area contributed by atoms with Crippen molar-refractivity contribution in [1.29, 1.82) is 0 Å². The summed E-state index contributed by atoms with van der Waals surface area (Å²) in [4.78, 5) is 14.5. The molecule has 0 fully saturated rings. The van der Waals surface area contributed by atoms with E-state index >= 15 is 0 Å². The standard InChI is InChI=1S/C15H12N4/c1-3-14(11-17-7-1)19(13-5-9-16-10-6-13)15-4-2-8-18-12-15/h1-12H. The fraction of sp³-hybridized carbons (Fsp3) is 0. The molecule has 0 bridgehead atoms. The third kappa shape index (κ3) is 2.42. The van der Waals surface area contributed by atoms with Gasteiger partial charge in [0.05, 0.1) is 23.8 Å². The van der Waals surface area contributed by atoms with E-state index in [-0.39, 0.29) is 0 Å². The van der Waals surface area contributed by atoms with Gasteiger partial charge in [0.1, 0.15) is 0 Å². The van der Waals surface area contributed by atoms with Gasteiger partial charge in [-0.1, -0.05) is 0 Å². The summed E-state index contributed by atoms with van der Waals surface area (Å²) in [6.45, 7) is 0. The van der Waals surface area contributed by atoms with Crippen LogP contribution in [0.15, 0.2) is 73.6 Å². The van der Waals surface area contributed by atoms with Crippen LogP contribution in [0.1, 0.15) is 0 Å². The van der Waals surface area contributed by atoms with Crippen LogP contribution < -0.4 is 4.90 Å². The van der Waals surface area contributed by atoms with Crippen molar-refractivity contribution in [2.45, 2.75) is 0 Å². The minimum Gasteiger partial charge on any atom is -0.307 e. The molecule has 0 aliphatic heterocycles. The van der Waals surface area contributed by atoms with Crippen LogP contribution in [0.4, 0.5) is 17.1 Å². The fourth-order valence-electron chi connectivity index (χ4n) is 1.91. The highest BCUT2D eigenvalue weighted by molar-refractivity contribution is 5.74. The number of aromatic nitrogens is 3. The van der Waals surface area contributed by atoms with Crippen LogP contribution in [0.25, 0.3) is 0 Å². The van der Waals surface area contributed by atoms with E-state index in [0.29, 0.717) is 0 Å². The minimum absolute atomic E-state index is 0.988. The average molecular weight is 248 g/mol. The van der Waals surface area contributed by atoms with Gasteiger partial charge in [0.2, 0.25) is 0 Å². The Morgan fingerprint density at radius 2 is 1.16 bits per heavy atom. The van der Waals surface area contributed by atoms with Crippen molar-refractivity contribution >= 4 is 17.1 Å². The maximum absolute atomic E-state index is 4.18. The highest BCUT2D eigenvalue weighted by atomic mass is 15.2. The average Bonchev–Trinajstić information content (AvgIpc) is 2.51. The predicted octanol–water partition coefficient (Wildman–Crippen LogP) is 3.34. The Morgan fingerprint density at radius 1 is 0.579 bits per heavy atom. The van der Waals surface area contributed by atoms with Gasteiger partial charge in [-0.3, -0.25) is 15.0 Å². The molecule has 0 radical (unpaired) electrons. The Balaban J connectivity index is 2.12. The van der Waals surface area contributed by atoms with Gasteiger partial charge in [0.25, 0.3) is 0 Å². The molecule has 0 saturated heterocycles. The van der Waals surface area contributed by atoms with E-state index in [4.69, 9.17) is 0 Å². The van der Waals surface area contributed by atoms with Crippen molar-refractivity contribution in [2.75, 3.05) is 4.90 Å². The molecule has 3 aromatic heterocycles. The van der Waals surface area contributed by atoms with Crippen LogP contribution in [0.3, 0.4) is 0 Å². The molecule has 0 atom stereocenters. The highest BCUT2D eigenvalue weighted by Crippen LogP contribution is 2.32. The molecular formula is C15H12N4. The zero-order valence-corrected chi connectivity index (χ0v) is 10.2. The number of rotatable bonds is 3. The first-order valence-corrected chi connectivity index (χ1v) is 5.95. The minimum atomic E-state index is 0.988. The molecule has 0 aliphatic rings. The molecule has 0 aromatic carbocycles. The first-order valence-electron chi connectivity index (χ1n) is 5.95. The topological polar surface area (TPSA) is 41.9 Å². The second-order valence-corrected chi connectivity index (χ2v) is 3.96. The SMILES string of the molecule is c1cncc(N(c2ccncc2)c2cccnc2)c1. The normalized spacial score (nSPS) is 10.1. The maximum Gasteiger partial charge on any atom is 0.0645 e. The van der Waals surface area contributed by atoms with E-state index in [1.807, 2.05) is 48.8 Å². The van der Waals surface area contributed by atoms with Gasteiger partial charge < -0.3 is 4.90 Å². The lowest BCUT2D eigenvalue weighted by molar-refractivity contribution is 1.19. The Hall–Kier alpha value is -2.75. The highest BCUT2D eigenvalue weighted by Gasteiger charge is 2.11. The lowest BCUT2D eigenvalue weighted by Gasteiger charge is -2.24. The van der Waals surface area contributed by atoms with Gasteiger partial charge in [-0.15, -0.1) is 0 Å². The quantitative estimate of drug-likeness (QED) is 0.713. The molecule has 4 heteroatoms. The van der Waals surface area contributed by atoms with Crippen LogP contribution >= 0.6 is 0 Å². The second kappa shape index (κ2) is 5.27. The van der Waals surface area contributed by atoms with Crippen LogP contribution in [-0.2, 0) is 0 Å². The lowest BCUT2D eigenvalue weighted by Crippen LogP contribution is -2.10. The number of pyridine rings is 3. The number of hydrogen-bond donors (Lipinski definition) is 0. The van der Waals surface area contributed by atoms with E-state index in [0.717, 1.165) is 17.1 Å².